The van der Waals surface area contributed by atoms with Crippen molar-refractivity contribution >= 4 is 17.8 Å². The van der Waals surface area contributed by atoms with Gasteiger partial charge in [0, 0.05) is 0 Å². The summed E-state index contributed by atoms with van der Waals surface area (Å²) in [6.07, 6.45) is -0.341. The van der Waals surface area contributed by atoms with Crippen molar-refractivity contribution in [2.75, 3.05) is 6.54 Å². The lowest BCUT2D eigenvalue weighted by molar-refractivity contribution is -0.155. The van der Waals surface area contributed by atoms with Crippen LogP contribution in [0.3, 0.4) is 0 Å². The fraction of sp³-hybridized carbons (Fsp3) is 0.250. The summed E-state index contributed by atoms with van der Waals surface area (Å²) in [6, 6.07) is 17.1. The van der Waals surface area contributed by atoms with Crippen molar-refractivity contribution in [2.24, 2.45) is 5.73 Å². The summed E-state index contributed by atoms with van der Waals surface area (Å²) in [4.78, 5) is 35.9. The molecule has 142 valence electrons. The number of rotatable bonds is 9. The van der Waals surface area contributed by atoms with Crippen LogP contribution in [-0.4, -0.2) is 30.4 Å². The van der Waals surface area contributed by atoms with E-state index in [0.717, 1.165) is 11.1 Å². The highest BCUT2D eigenvalue weighted by atomic mass is 16.5. The second kappa shape index (κ2) is 10.7. The lowest BCUT2D eigenvalue weighted by Crippen LogP contribution is -2.45. The Bertz CT molecular complexity index is 749. The van der Waals surface area contributed by atoms with E-state index in [-0.39, 0.29) is 26.2 Å². The molecule has 3 N–H and O–H groups in total. The van der Waals surface area contributed by atoms with E-state index < -0.39 is 23.9 Å². The lowest BCUT2D eigenvalue weighted by Gasteiger charge is -2.17. The van der Waals surface area contributed by atoms with E-state index in [1.807, 2.05) is 48.5 Å². The third-order valence-corrected chi connectivity index (χ3v) is 3.64. The Hall–Kier alpha value is -3.19. The fourth-order valence-corrected chi connectivity index (χ4v) is 2.24. The minimum Gasteiger partial charge on any atom is -0.461 e. The Morgan fingerprint density at radius 1 is 0.852 bits per heavy atom. The Morgan fingerprint density at radius 3 is 1.89 bits per heavy atom. The molecule has 0 heterocycles. The van der Waals surface area contributed by atoms with Gasteiger partial charge in [0.15, 0.2) is 0 Å². The molecule has 1 amide bonds. The molecule has 2 rings (SSSR count). The van der Waals surface area contributed by atoms with Crippen LogP contribution in [0.2, 0.25) is 0 Å². The van der Waals surface area contributed by atoms with Gasteiger partial charge in [0.05, 0.1) is 13.0 Å². The lowest BCUT2D eigenvalue weighted by atomic mass is 10.2. The van der Waals surface area contributed by atoms with Crippen molar-refractivity contribution < 1.29 is 23.9 Å². The van der Waals surface area contributed by atoms with E-state index in [2.05, 4.69) is 5.32 Å². The summed E-state index contributed by atoms with van der Waals surface area (Å²) in [6.45, 7) is -0.189. The predicted octanol–water partition coefficient (Wildman–Crippen LogP) is 1.31. The number of hydrogen-bond acceptors (Lipinski definition) is 6. The van der Waals surface area contributed by atoms with Gasteiger partial charge in [0.2, 0.25) is 5.91 Å². The number of amides is 1. The van der Waals surface area contributed by atoms with Crippen molar-refractivity contribution in [3.63, 3.8) is 0 Å². The first-order valence-corrected chi connectivity index (χ1v) is 8.48. The van der Waals surface area contributed by atoms with Gasteiger partial charge in [-0.25, -0.2) is 4.79 Å². The van der Waals surface area contributed by atoms with Gasteiger partial charge in [-0.15, -0.1) is 0 Å². The summed E-state index contributed by atoms with van der Waals surface area (Å²) in [5.74, 6) is -1.91. The average molecular weight is 370 g/mol. The molecule has 0 unspecified atom stereocenters. The van der Waals surface area contributed by atoms with Gasteiger partial charge in [0.25, 0.3) is 0 Å². The van der Waals surface area contributed by atoms with Crippen molar-refractivity contribution in [3.8, 4) is 0 Å². The number of benzene rings is 2. The van der Waals surface area contributed by atoms with Gasteiger partial charge >= 0.3 is 11.9 Å². The normalized spacial score (nSPS) is 11.3. The Balaban J connectivity index is 1.90. The molecule has 0 spiro atoms. The maximum Gasteiger partial charge on any atom is 0.329 e. The summed E-state index contributed by atoms with van der Waals surface area (Å²) in [7, 11) is 0. The van der Waals surface area contributed by atoms with Crippen molar-refractivity contribution in [2.45, 2.75) is 25.7 Å². The van der Waals surface area contributed by atoms with Crippen molar-refractivity contribution in [3.05, 3.63) is 71.8 Å². The molecule has 7 nitrogen and oxygen atoms in total. The van der Waals surface area contributed by atoms with E-state index in [0.29, 0.717) is 0 Å². The summed E-state index contributed by atoms with van der Waals surface area (Å²) in [5.41, 5.74) is 6.88. The molecule has 0 saturated carbocycles. The number of carbonyl (C=O) groups is 3. The van der Waals surface area contributed by atoms with Crippen LogP contribution in [0.4, 0.5) is 0 Å². The minimum atomic E-state index is -1.16. The van der Waals surface area contributed by atoms with Crippen LogP contribution in [0.25, 0.3) is 0 Å². The van der Waals surface area contributed by atoms with Gasteiger partial charge in [0.1, 0.15) is 19.3 Å². The second-order valence-electron chi connectivity index (χ2n) is 5.77. The fourth-order valence-electron chi connectivity index (χ4n) is 2.24. The van der Waals surface area contributed by atoms with Crippen LogP contribution in [-0.2, 0) is 37.1 Å². The summed E-state index contributed by atoms with van der Waals surface area (Å²) >= 11 is 0. The molecule has 0 aliphatic heterocycles. The number of carbonyl (C=O) groups excluding carboxylic acids is 3. The predicted molar refractivity (Wildman–Crippen MR) is 98.1 cm³/mol. The number of nitrogens with one attached hydrogen (secondary N) is 1. The minimum absolute atomic E-state index is 0.0354. The first-order chi connectivity index (χ1) is 13.1. The third kappa shape index (κ3) is 7.29. The van der Waals surface area contributed by atoms with Crippen LogP contribution in [0.15, 0.2) is 60.7 Å². The van der Waals surface area contributed by atoms with Gasteiger partial charge < -0.3 is 20.5 Å². The quantitative estimate of drug-likeness (QED) is 0.645. The van der Waals surface area contributed by atoms with Gasteiger partial charge in [-0.2, -0.15) is 0 Å². The highest BCUT2D eigenvalue weighted by Gasteiger charge is 2.26. The van der Waals surface area contributed by atoms with Gasteiger partial charge in [-0.1, -0.05) is 60.7 Å². The summed E-state index contributed by atoms with van der Waals surface area (Å²) in [5, 5.41) is 2.39. The molecule has 0 aromatic heterocycles. The van der Waals surface area contributed by atoms with E-state index in [4.69, 9.17) is 15.2 Å². The number of esters is 2. The first-order valence-electron chi connectivity index (χ1n) is 8.48. The molecule has 0 bridgehead atoms. The Kier molecular flexibility index (Phi) is 7.99. The van der Waals surface area contributed by atoms with Gasteiger partial charge in [-0.3, -0.25) is 9.59 Å². The smallest absolute Gasteiger partial charge is 0.329 e. The maximum atomic E-state index is 12.3. The molecule has 27 heavy (non-hydrogen) atoms. The highest BCUT2D eigenvalue weighted by molar-refractivity contribution is 5.88. The topological polar surface area (TPSA) is 108 Å². The highest BCUT2D eigenvalue weighted by Crippen LogP contribution is 2.06. The molecule has 0 aliphatic carbocycles. The number of nitrogens with two attached hydrogens (primary N) is 1. The van der Waals surface area contributed by atoms with E-state index in [1.165, 1.54) is 0 Å². The molecular formula is C20H22N2O5. The van der Waals surface area contributed by atoms with Crippen LogP contribution in [0, 0.1) is 0 Å². The zero-order valence-corrected chi connectivity index (χ0v) is 14.8. The van der Waals surface area contributed by atoms with E-state index in [1.54, 1.807) is 12.1 Å². The Morgan fingerprint density at radius 2 is 1.37 bits per heavy atom. The zero-order valence-electron chi connectivity index (χ0n) is 14.8. The zero-order chi connectivity index (χ0) is 19.5. The van der Waals surface area contributed by atoms with Crippen molar-refractivity contribution in [1.29, 1.82) is 0 Å². The first kappa shape index (κ1) is 20.1. The monoisotopic (exact) mass is 370 g/mol. The molecular weight excluding hydrogens is 348 g/mol. The average Bonchev–Trinajstić information content (AvgIpc) is 2.71. The van der Waals surface area contributed by atoms with Gasteiger partial charge in [-0.05, 0) is 11.1 Å². The second-order valence-corrected chi connectivity index (χ2v) is 5.77. The van der Waals surface area contributed by atoms with Crippen LogP contribution < -0.4 is 11.1 Å². The SMILES string of the molecule is NCC(=O)N[C@@H](CC(=O)OCc1ccccc1)C(=O)OCc1ccccc1. The standard InChI is InChI=1S/C20H22N2O5/c21-12-18(23)22-17(20(25)27-14-16-9-5-2-6-10-16)11-19(24)26-13-15-7-3-1-4-8-15/h1-10,17H,11-14,21H2,(H,22,23)/t17-/m0/s1. The van der Waals surface area contributed by atoms with Crippen molar-refractivity contribution in [1.82, 2.24) is 5.32 Å². The maximum absolute atomic E-state index is 12.3. The molecule has 1 atom stereocenters. The summed E-state index contributed by atoms with van der Waals surface area (Å²) < 4.78 is 10.4. The van der Waals surface area contributed by atoms with Crippen LogP contribution in [0.1, 0.15) is 17.5 Å². The largest absolute Gasteiger partial charge is 0.461 e. The van der Waals surface area contributed by atoms with E-state index in [9.17, 15) is 14.4 Å². The molecule has 2 aromatic rings. The van der Waals surface area contributed by atoms with Crippen LogP contribution in [0.5, 0.6) is 0 Å². The van der Waals surface area contributed by atoms with E-state index >= 15 is 0 Å². The molecule has 0 radical (unpaired) electrons. The van der Waals surface area contributed by atoms with Crippen LogP contribution >= 0.6 is 0 Å². The molecule has 0 aliphatic rings. The number of hydrogen-bond donors (Lipinski definition) is 2. The molecule has 0 fully saturated rings. The Labute approximate surface area is 157 Å². The third-order valence-electron chi connectivity index (χ3n) is 3.64. The number of ether oxygens (including phenoxy) is 2. The molecule has 7 heteroatoms. The molecule has 2 aromatic carbocycles. The molecule has 0 saturated heterocycles.